The molecule has 0 spiro atoms. The highest BCUT2D eigenvalue weighted by molar-refractivity contribution is 7.86. The number of phenolic OH excluding ortho intramolecular Hbond substituents is 2. The highest BCUT2D eigenvalue weighted by atomic mass is 32.2. The largest absolute Gasteiger partial charge is 0.504 e. The standard InChI is InChI=1S/C11H11NO5S/c1-5-9-6(2-3-8(13)10(9)14)4-7(12)11(5)18(15,16)17/h2-4,13-14H,12H2,1H3,(H,15,16,17). The van der Waals surface area contributed by atoms with Crippen LogP contribution in [0, 0.1) is 6.92 Å². The lowest BCUT2D eigenvalue weighted by Crippen LogP contribution is -2.06. The minimum Gasteiger partial charge on any atom is -0.504 e. The van der Waals surface area contributed by atoms with E-state index in [9.17, 15) is 18.6 Å². The van der Waals surface area contributed by atoms with E-state index in [1.807, 2.05) is 0 Å². The number of hydrogen-bond acceptors (Lipinski definition) is 5. The van der Waals surface area contributed by atoms with E-state index >= 15 is 0 Å². The number of fused-ring (bicyclic) bond motifs is 1. The Hall–Kier alpha value is -1.99. The second kappa shape index (κ2) is 3.76. The maximum atomic E-state index is 11.2. The van der Waals surface area contributed by atoms with Gasteiger partial charge >= 0.3 is 0 Å². The van der Waals surface area contributed by atoms with E-state index in [0.29, 0.717) is 5.39 Å². The van der Waals surface area contributed by atoms with Crippen LogP contribution in [0.1, 0.15) is 5.56 Å². The summed E-state index contributed by atoms with van der Waals surface area (Å²) in [5.41, 5.74) is 5.54. The number of nitrogen functional groups attached to an aromatic ring is 1. The minimum atomic E-state index is -4.50. The smallest absolute Gasteiger partial charge is 0.296 e. The number of rotatable bonds is 1. The third kappa shape index (κ3) is 1.73. The molecule has 0 atom stereocenters. The molecule has 2 aromatic carbocycles. The molecule has 7 heteroatoms. The van der Waals surface area contributed by atoms with Crippen molar-refractivity contribution in [2.45, 2.75) is 11.8 Å². The Labute approximate surface area is 103 Å². The van der Waals surface area contributed by atoms with E-state index in [1.165, 1.54) is 25.1 Å². The van der Waals surface area contributed by atoms with Crippen molar-refractivity contribution in [3.05, 3.63) is 23.8 Å². The van der Waals surface area contributed by atoms with Crippen LogP contribution in [0.2, 0.25) is 0 Å². The average molecular weight is 269 g/mol. The molecule has 0 aliphatic carbocycles. The van der Waals surface area contributed by atoms with Crippen molar-refractivity contribution in [1.29, 1.82) is 0 Å². The molecule has 5 N–H and O–H groups in total. The fraction of sp³-hybridized carbons (Fsp3) is 0.0909. The number of anilines is 1. The number of benzene rings is 2. The van der Waals surface area contributed by atoms with Gasteiger partial charge in [-0.3, -0.25) is 4.55 Å². The number of hydrogen-bond donors (Lipinski definition) is 4. The molecule has 0 aromatic heterocycles. The lowest BCUT2D eigenvalue weighted by atomic mass is 10.0. The Bertz CT molecular complexity index is 752. The van der Waals surface area contributed by atoms with E-state index in [4.69, 9.17) is 10.3 Å². The average Bonchev–Trinajstić information content (AvgIpc) is 2.21. The van der Waals surface area contributed by atoms with Crippen molar-refractivity contribution in [2.24, 2.45) is 0 Å². The van der Waals surface area contributed by atoms with Gasteiger partial charge in [0.1, 0.15) is 4.90 Å². The molecule has 0 fully saturated rings. The molecule has 0 amide bonds. The summed E-state index contributed by atoms with van der Waals surface area (Å²) in [6.07, 6.45) is 0. The molecule has 0 bridgehead atoms. The summed E-state index contributed by atoms with van der Waals surface area (Å²) in [6.45, 7) is 1.39. The Morgan fingerprint density at radius 3 is 2.39 bits per heavy atom. The third-order valence-electron chi connectivity index (χ3n) is 2.74. The summed E-state index contributed by atoms with van der Waals surface area (Å²) >= 11 is 0. The van der Waals surface area contributed by atoms with Gasteiger partial charge in [0.2, 0.25) is 0 Å². The van der Waals surface area contributed by atoms with Crippen LogP contribution in [0.25, 0.3) is 10.8 Å². The number of aromatic hydroxyl groups is 2. The highest BCUT2D eigenvalue weighted by Gasteiger charge is 2.21. The van der Waals surface area contributed by atoms with Gasteiger partial charge in [0.25, 0.3) is 10.1 Å². The Kier molecular flexibility index (Phi) is 2.60. The predicted molar refractivity (Wildman–Crippen MR) is 66.2 cm³/mol. The van der Waals surface area contributed by atoms with Gasteiger partial charge in [-0.15, -0.1) is 0 Å². The van der Waals surface area contributed by atoms with Gasteiger partial charge in [0.05, 0.1) is 5.69 Å². The highest BCUT2D eigenvalue weighted by Crippen LogP contribution is 2.39. The molecule has 6 nitrogen and oxygen atoms in total. The first-order chi connectivity index (χ1) is 8.23. The van der Waals surface area contributed by atoms with E-state index in [0.717, 1.165) is 0 Å². The molecule has 0 aliphatic heterocycles. The van der Waals surface area contributed by atoms with Crippen LogP contribution >= 0.6 is 0 Å². The van der Waals surface area contributed by atoms with E-state index in [2.05, 4.69) is 0 Å². The maximum absolute atomic E-state index is 11.2. The second-order valence-corrected chi connectivity index (χ2v) is 5.28. The molecule has 0 unspecified atom stereocenters. The molecule has 2 rings (SSSR count). The molecule has 0 saturated heterocycles. The molecule has 2 aromatic rings. The summed E-state index contributed by atoms with van der Waals surface area (Å²) in [6, 6.07) is 4.07. The number of phenols is 2. The van der Waals surface area contributed by atoms with Crippen molar-refractivity contribution in [3.8, 4) is 11.5 Å². The van der Waals surface area contributed by atoms with Gasteiger partial charge < -0.3 is 15.9 Å². The first-order valence-corrected chi connectivity index (χ1v) is 6.38. The number of aryl methyl sites for hydroxylation is 1. The summed E-state index contributed by atoms with van der Waals surface area (Å²) in [5.74, 6) is -0.827. The topological polar surface area (TPSA) is 121 Å². The molecule has 0 radical (unpaired) electrons. The van der Waals surface area contributed by atoms with Crippen LogP contribution in [0.4, 0.5) is 5.69 Å². The Balaban J connectivity index is 3.06. The van der Waals surface area contributed by atoms with Crippen molar-refractivity contribution in [2.75, 3.05) is 5.73 Å². The van der Waals surface area contributed by atoms with Gasteiger partial charge in [-0.1, -0.05) is 6.07 Å². The zero-order chi connectivity index (χ0) is 13.7. The Morgan fingerprint density at radius 1 is 1.22 bits per heavy atom. The van der Waals surface area contributed by atoms with Gasteiger partial charge in [0, 0.05) is 5.39 Å². The number of nitrogens with two attached hydrogens (primary N) is 1. The summed E-state index contributed by atoms with van der Waals surface area (Å²) in [5, 5.41) is 19.8. The van der Waals surface area contributed by atoms with Crippen LogP contribution < -0.4 is 5.73 Å². The maximum Gasteiger partial charge on any atom is 0.296 e. The van der Waals surface area contributed by atoms with Gasteiger partial charge in [-0.05, 0) is 30.0 Å². The minimum absolute atomic E-state index is 0.0842. The predicted octanol–water partition coefficient (Wildman–Crippen LogP) is 1.39. The summed E-state index contributed by atoms with van der Waals surface area (Å²) in [7, 11) is -4.50. The zero-order valence-corrected chi connectivity index (χ0v) is 10.2. The van der Waals surface area contributed by atoms with E-state index in [1.54, 1.807) is 0 Å². The van der Waals surface area contributed by atoms with Gasteiger partial charge in [0.15, 0.2) is 11.5 Å². The summed E-state index contributed by atoms with van der Waals surface area (Å²) in [4.78, 5) is -0.462. The third-order valence-corrected chi connectivity index (χ3v) is 3.79. The van der Waals surface area contributed by atoms with Crippen molar-refractivity contribution >= 4 is 26.6 Å². The quantitative estimate of drug-likeness (QED) is 0.352. The molecular formula is C11H11NO5S. The summed E-state index contributed by atoms with van der Waals surface area (Å²) < 4.78 is 31.6. The first-order valence-electron chi connectivity index (χ1n) is 4.94. The van der Waals surface area contributed by atoms with Crippen LogP contribution in [0.3, 0.4) is 0 Å². The van der Waals surface area contributed by atoms with Crippen molar-refractivity contribution in [3.63, 3.8) is 0 Å². The monoisotopic (exact) mass is 269 g/mol. The van der Waals surface area contributed by atoms with E-state index in [-0.39, 0.29) is 22.4 Å². The fourth-order valence-electron chi connectivity index (χ4n) is 2.02. The van der Waals surface area contributed by atoms with E-state index < -0.39 is 20.8 Å². The first kappa shape index (κ1) is 12.5. The van der Waals surface area contributed by atoms with Crippen molar-refractivity contribution in [1.82, 2.24) is 0 Å². The SMILES string of the molecule is Cc1c(S(=O)(=O)O)c(N)cc2ccc(O)c(O)c12. The molecule has 18 heavy (non-hydrogen) atoms. The molecule has 96 valence electrons. The fourth-order valence-corrected chi connectivity index (χ4v) is 2.86. The van der Waals surface area contributed by atoms with Gasteiger partial charge in [-0.2, -0.15) is 8.42 Å². The zero-order valence-electron chi connectivity index (χ0n) is 9.38. The lowest BCUT2D eigenvalue weighted by molar-refractivity contribution is 0.408. The van der Waals surface area contributed by atoms with Crippen LogP contribution in [0.15, 0.2) is 23.1 Å². The van der Waals surface area contributed by atoms with Crippen molar-refractivity contribution < 1.29 is 23.2 Å². The lowest BCUT2D eigenvalue weighted by Gasteiger charge is -2.12. The molecule has 0 saturated carbocycles. The van der Waals surface area contributed by atoms with Crippen LogP contribution in [-0.2, 0) is 10.1 Å². The second-order valence-electron chi connectivity index (χ2n) is 3.93. The van der Waals surface area contributed by atoms with Gasteiger partial charge in [-0.25, -0.2) is 0 Å². The molecule has 0 heterocycles. The normalized spacial score (nSPS) is 11.9. The Morgan fingerprint density at radius 2 is 1.83 bits per heavy atom. The van der Waals surface area contributed by atoms with Crippen LogP contribution in [0.5, 0.6) is 11.5 Å². The molecule has 0 aliphatic rings. The van der Waals surface area contributed by atoms with Crippen LogP contribution in [-0.4, -0.2) is 23.2 Å². The molecular weight excluding hydrogens is 258 g/mol.